The van der Waals surface area contributed by atoms with Crippen molar-refractivity contribution in [3.05, 3.63) is 47.2 Å². The Bertz CT molecular complexity index is 710. The van der Waals surface area contributed by atoms with E-state index >= 15 is 0 Å². The molecule has 0 aliphatic carbocycles. The van der Waals surface area contributed by atoms with Crippen molar-refractivity contribution < 1.29 is 8.42 Å². The van der Waals surface area contributed by atoms with Crippen molar-refractivity contribution in [1.29, 1.82) is 0 Å². The Morgan fingerprint density at radius 1 is 1.30 bits per heavy atom. The fourth-order valence-corrected chi connectivity index (χ4v) is 3.18. The molecule has 2 aromatic rings. The third-order valence-corrected chi connectivity index (χ3v) is 4.41. The number of halogens is 1. The van der Waals surface area contributed by atoms with Crippen LogP contribution in [0.15, 0.2) is 41.4 Å². The Hall–Kier alpha value is -1.50. The second-order valence-corrected chi connectivity index (χ2v) is 6.54. The summed E-state index contributed by atoms with van der Waals surface area (Å²) in [6.07, 6.45) is 1.58. The van der Waals surface area contributed by atoms with Crippen molar-refractivity contribution in [2.75, 3.05) is 11.8 Å². The molecule has 5 nitrogen and oxygen atoms in total. The maximum atomic E-state index is 12.3. The van der Waals surface area contributed by atoms with Crippen LogP contribution in [0.2, 0.25) is 5.02 Å². The van der Waals surface area contributed by atoms with Crippen LogP contribution in [-0.4, -0.2) is 20.0 Å². The summed E-state index contributed by atoms with van der Waals surface area (Å²) in [5.74, 6) is 0. The average molecular weight is 314 g/mol. The van der Waals surface area contributed by atoms with Crippen LogP contribution in [0, 0.1) is 0 Å². The zero-order valence-corrected chi connectivity index (χ0v) is 12.8. The predicted octanol–water partition coefficient (Wildman–Crippen LogP) is 2.20. The Balaban J connectivity index is 2.28. The van der Waals surface area contributed by atoms with Gasteiger partial charge in [-0.3, -0.25) is 4.72 Å². The van der Waals surface area contributed by atoms with Gasteiger partial charge >= 0.3 is 0 Å². The highest BCUT2D eigenvalue weighted by Gasteiger charge is 2.17. The number of hydrogen-bond donors (Lipinski definition) is 2. The van der Waals surface area contributed by atoms with E-state index in [0.717, 1.165) is 5.69 Å². The third-order valence-electron chi connectivity index (χ3n) is 2.83. The van der Waals surface area contributed by atoms with Gasteiger partial charge in [0.2, 0.25) is 0 Å². The van der Waals surface area contributed by atoms with Crippen molar-refractivity contribution in [1.82, 2.24) is 9.88 Å². The Morgan fingerprint density at radius 2 is 2.05 bits per heavy atom. The molecule has 0 aliphatic rings. The number of anilines is 1. The van der Waals surface area contributed by atoms with E-state index in [0.29, 0.717) is 17.3 Å². The molecule has 0 spiro atoms. The average Bonchev–Trinajstić information content (AvgIpc) is 2.72. The van der Waals surface area contributed by atoms with Gasteiger partial charge in [-0.05, 0) is 31.3 Å². The van der Waals surface area contributed by atoms with E-state index < -0.39 is 10.0 Å². The SMILES string of the molecule is CNCc1cc(S(=O)(=O)Nc2cccc(Cl)c2)cn1C. The number of aryl methyl sites for hydroxylation is 1. The lowest BCUT2D eigenvalue weighted by Gasteiger charge is -2.06. The van der Waals surface area contributed by atoms with Crippen molar-refractivity contribution in [2.45, 2.75) is 11.4 Å². The van der Waals surface area contributed by atoms with E-state index in [9.17, 15) is 8.42 Å². The van der Waals surface area contributed by atoms with Crippen LogP contribution in [0.5, 0.6) is 0 Å². The van der Waals surface area contributed by atoms with Gasteiger partial charge in [-0.15, -0.1) is 0 Å². The zero-order chi connectivity index (χ0) is 14.8. The van der Waals surface area contributed by atoms with Crippen molar-refractivity contribution in [2.24, 2.45) is 7.05 Å². The second kappa shape index (κ2) is 5.87. The van der Waals surface area contributed by atoms with Crippen LogP contribution in [0.1, 0.15) is 5.69 Å². The minimum atomic E-state index is -3.61. The molecule has 0 fully saturated rings. The fraction of sp³-hybridized carbons (Fsp3) is 0.231. The van der Waals surface area contributed by atoms with Gasteiger partial charge in [0.1, 0.15) is 4.90 Å². The monoisotopic (exact) mass is 313 g/mol. The molecule has 0 bridgehead atoms. The molecule has 7 heteroatoms. The highest BCUT2D eigenvalue weighted by atomic mass is 35.5. The smallest absolute Gasteiger partial charge is 0.263 e. The second-order valence-electron chi connectivity index (χ2n) is 4.42. The van der Waals surface area contributed by atoms with Gasteiger partial charge in [-0.2, -0.15) is 0 Å². The van der Waals surface area contributed by atoms with Crippen molar-refractivity contribution in [3.63, 3.8) is 0 Å². The molecule has 0 amide bonds. The molecule has 0 saturated heterocycles. The van der Waals surface area contributed by atoms with E-state index in [4.69, 9.17) is 11.6 Å². The van der Waals surface area contributed by atoms with Crippen molar-refractivity contribution >= 4 is 27.3 Å². The van der Waals surface area contributed by atoms with Gasteiger partial charge < -0.3 is 9.88 Å². The maximum Gasteiger partial charge on any atom is 0.263 e. The molecule has 1 heterocycles. The molecule has 2 N–H and O–H groups in total. The van der Waals surface area contributed by atoms with Crippen LogP contribution in [0.25, 0.3) is 0 Å². The lowest BCUT2D eigenvalue weighted by molar-refractivity contribution is 0.601. The maximum absolute atomic E-state index is 12.3. The molecule has 1 aromatic heterocycles. The molecule has 0 aliphatic heterocycles. The van der Waals surface area contributed by atoms with Crippen LogP contribution >= 0.6 is 11.6 Å². The molecular formula is C13H16ClN3O2S. The molecule has 0 saturated carbocycles. The molecule has 0 radical (unpaired) electrons. The summed E-state index contributed by atoms with van der Waals surface area (Å²) < 4.78 is 28.9. The number of sulfonamides is 1. The Labute approximate surface area is 123 Å². The number of hydrogen-bond acceptors (Lipinski definition) is 3. The number of benzene rings is 1. The number of nitrogens with one attached hydrogen (secondary N) is 2. The summed E-state index contributed by atoms with van der Waals surface area (Å²) in [5.41, 5.74) is 1.33. The molecule has 1 aromatic carbocycles. The van der Waals surface area contributed by atoms with Gasteiger partial charge in [-0.1, -0.05) is 17.7 Å². The molecule has 0 atom stereocenters. The van der Waals surface area contributed by atoms with Gasteiger partial charge in [0.05, 0.1) is 5.69 Å². The largest absolute Gasteiger partial charge is 0.352 e. The Kier molecular flexibility index (Phi) is 4.37. The first-order valence-corrected chi connectivity index (χ1v) is 7.87. The van der Waals surface area contributed by atoms with Crippen LogP contribution in [0.3, 0.4) is 0 Å². The number of rotatable bonds is 5. The topological polar surface area (TPSA) is 63.1 Å². The minimum Gasteiger partial charge on any atom is -0.352 e. The van der Waals surface area contributed by atoms with Gasteiger partial charge in [0.25, 0.3) is 10.0 Å². The zero-order valence-electron chi connectivity index (χ0n) is 11.2. The predicted molar refractivity (Wildman–Crippen MR) is 80.4 cm³/mol. The highest BCUT2D eigenvalue weighted by molar-refractivity contribution is 7.92. The molecule has 108 valence electrons. The van der Waals surface area contributed by atoms with E-state index in [2.05, 4.69) is 10.0 Å². The van der Waals surface area contributed by atoms with E-state index in [-0.39, 0.29) is 4.90 Å². The van der Waals surface area contributed by atoms with E-state index in [1.807, 2.05) is 14.1 Å². The standard InChI is InChI=1S/C13H16ClN3O2S/c1-15-8-12-7-13(9-17(12)2)20(18,19)16-11-5-3-4-10(14)6-11/h3-7,9,15-16H,8H2,1-2H3. The Morgan fingerprint density at radius 3 is 2.70 bits per heavy atom. The van der Waals surface area contributed by atoms with Gasteiger partial charge in [0.15, 0.2) is 0 Å². The lowest BCUT2D eigenvalue weighted by atomic mass is 10.3. The molecule has 20 heavy (non-hydrogen) atoms. The third kappa shape index (κ3) is 3.33. The number of aromatic nitrogens is 1. The minimum absolute atomic E-state index is 0.227. The first kappa shape index (κ1) is 14.9. The summed E-state index contributed by atoms with van der Waals surface area (Å²) in [7, 11) is 0.0142. The van der Waals surface area contributed by atoms with Crippen LogP contribution in [0.4, 0.5) is 5.69 Å². The normalized spacial score (nSPS) is 11.6. The van der Waals surface area contributed by atoms with Crippen LogP contribution < -0.4 is 10.0 Å². The first-order chi connectivity index (χ1) is 9.42. The summed E-state index contributed by atoms with van der Waals surface area (Å²) in [6, 6.07) is 8.24. The van der Waals surface area contributed by atoms with E-state index in [1.165, 1.54) is 0 Å². The van der Waals surface area contributed by atoms with Crippen molar-refractivity contribution in [3.8, 4) is 0 Å². The van der Waals surface area contributed by atoms with Crippen LogP contribution in [-0.2, 0) is 23.6 Å². The van der Waals surface area contributed by atoms with Gasteiger partial charge in [-0.25, -0.2) is 8.42 Å². The molecule has 0 unspecified atom stereocenters. The lowest BCUT2D eigenvalue weighted by Crippen LogP contribution is -2.12. The fourth-order valence-electron chi connectivity index (χ4n) is 1.85. The first-order valence-electron chi connectivity index (χ1n) is 6.00. The summed E-state index contributed by atoms with van der Waals surface area (Å²) in [4.78, 5) is 0.227. The van der Waals surface area contributed by atoms with E-state index in [1.54, 1.807) is 41.1 Å². The summed E-state index contributed by atoms with van der Waals surface area (Å²) >= 11 is 5.84. The molecular weight excluding hydrogens is 298 g/mol. The molecule has 2 rings (SSSR count). The van der Waals surface area contributed by atoms with Gasteiger partial charge in [0, 0.05) is 30.5 Å². The number of nitrogens with zero attached hydrogens (tertiary/aromatic N) is 1. The quantitative estimate of drug-likeness (QED) is 0.889. The highest BCUT2D eigenvalue weighted by Crippen LogP contribution is 2.20. The summed E-state index contributed by atoms with van der Waals surface area (Å²) in [5, 5.41) is 3.47. The summed E-state index contributed by atoms with van der Waals surface area (Å²) in [6.45, 7) is 0.600.